The summed E-state index contributed by atoms with van der Waals surface area (Å²) in [6.07, 6.45) is 1.97. The molecule has 1 aromatic rings. The molecule has 1 aliphatic heterocycles. The summed E-state index contributed by atoms with van der Waals surface area (Å²) in [7, 11) is 1.93. The number of nitrogens with two attached hydrogens (primary N) is 1. The van der Waals surface area contributed by atoms with Crippen molar-refractivity contribution in [3.63, 3.8) is 0 Å². The highest BCUT2D eigenvalue weighted by atomic mass is 16.5. The maximum Gasteiger partial charge on any atom is 0.150 e. The Morgan fingerprint density at radius 3 is 2.94 bits per heavy atom. The first-order chi connectivity index (χ1) is 7.58. The number of hydrogen-bond donors (Lipinski definition) is 1. The maximum atomic E-state index is 6.09. The van der Waals surface area contributed by atoms with E-state index in [1.54, 1.807) is 0 Å². The van der Waals surface area contributed by atoms with E-state index in [-0.39, 0.29) is 11.5 Å². The van der Waals surface area contributed by atoms with E-state index < -0.39 is 0 Å². The van der Waals surface area contributed by atoms with Crippen LogP contribution in [0.2, 0.25) is 0 Å². The van der Waals surface area contributed by atoms with Crippen molar-refractivity contribution in [2.24, 2.45) is 12.8 Å². The molecule has 90 valence electrons. The lowest BCUT2D eigenvalue weighted by atomic mass is 9.85. The summed E-state index contributed by atoms with van der Waals surface area (Å²) in [5.74, 6) is 1.85. The number of aryl methyl sites for hydroxylation is 2. The van der Waals surface area contributed by atoms with Crippen LogP contribution in [0.3, 0.4) is 0 Å². The molecule has 2 N–H and O–H groups in total. The first kappa shape index (κ1) is 11.5. The minimum absolute atomic E-state index is 0.00452. The van der Waals surface area contributed by atoms with Crippen LogP contribution in [-0.2, 0) is 23.6 Å². The second-order valence-corrected chi connectivity index (χ2v) is 4.76. The molecule has 0 bridgehead atoms. The summed E-state index contributed by atoms with van der Waals surface area (Å²) in [6, 6.07) is 0.00452. The third-order valence-electron chi connectivity index (χ3n) is 3.31. The monoisotopic (exact) mass is 224 g/mol. The predicted octanol–water partition coefficient (Wildman–Crippen LogP) is 0.383. The summed E-state index contributed by atoms with van der Waals surface area (Å²) in [5, 5.41) is 4.42. The zero-order chi connectivity index (χ0) is 11.8. The average molecular weight is 224 g/mol. The molecule has 1 aliphatic rings. The van der Waals surface area contributed by atoms with Crippen molar-refractivity contribution >= 4 is 0 Å². The minimum Gasteiger partial charge on any atom is -0.379 e. The second-order valence-electron chi connectivity index (χ2n) is 4.76. The van der Waals surface area contributed by atoms with Gasteiger partial charge in [-0.05, 0) is 13.3 Å². The van der Waals surface area contributed by atoms with Gasteiger partial charge in [-0.2, -0.15) is 5.10 Å². The standard InChI is InChI=1S/C11H20N4O/c1-4-5-9-13-10(15(3)14-9)11(2)7-16-6-8(11)12/h8H,4-7,12H2,1-3H3. The number of rotatable bonds is 3. The van der Waals surface area contributed by atoms with Gasteiger partial charge in [-0.15, -0.1) is 0 Å². The molecule has 2 atom stereocenters. The van der Waals surface area contributed by atoms with Crippen LogP contribution in [0.5, 0.6) is 0 Å². The maximum absolute atomic E-state index is 6.09. The van der Waals surface area contributed by atoms with Crippen LogP contribution >= 0.6 is 0 Å². The van der Waals surface area contributed by atoms with Crippen molar-refractivity contribution in [2.75, 3.05) is 13.2 Å². The second kappa shape index (κ2) is 4.14. The largest absolute Gasteiger partial charge is 0.379 e. The Morgan fingerprint density at radius 2 is 2.38 bits per heavy atom. The molecule has 1 aromatic heterocycles. The first-order valence-corrected chi connectivity index (χ1v) is 5.81. The third kappa shape index (κ3) is 1.74. The topological polar surface area (TPSA) is 66.0 Å². The van der Waals surface area contributed by atoms with E-state index in [4.69, 9.17) is 10.5 Å². The molecule has 5 nitrogen and oxygen atoms in total. The van der Waals surface area contributed by atoms with Gasteiger partial charge in [0.1, 0.15) is 5.82 Å². The van der Waals surface area contributed by atoms with Gasteiger partial charge in [0.15, 0.2) is 5.82 Å². The SMILES string of the molecule is CCCc1nc(C2(C)COCC2N)n(C)n1. The average Bonchev–Trinajstić information content (AvgIpc) is 2.74. The molecule has 0 saturated carbocycles. The third-order valence-corrected chi connectivity index (χ3v) is 3.31. The van der Waals surface area contributed by atoms with Crippen LogP contribution in [-0.4, -0.2) is 34.0 Å². The number of nitrogens with zero attached hydrogens (tertiary/aromatic N) is 3. The Hall–Kier alpha value is -0.940. The van der Waals surface area contributed by atoms with Gasteiger partial charge in [-0.1, -0.05) is 6.92 Å². The van der Waals surface area contributed by atoms with E-state index in [1.165, 1.54) is 0 Å². The molecule has 0 aromatic carbocycles. The van der Waals surface area contributed by atoms with Crippen molar-refractivity contribution in [1.82, 2.24) is 14.8 Å². The van der Waals surface area contributed by atoms with E-state index >= 15 is 0 Å². The highest BCUT2D eigenvalue weighted by molar-refractivity contribution is 5.15. The molecule has 1 fully saturated rings. The summed E-state index contributed by atoms with van der Waals surface area (Å²) < 4.78 is 7.29. The van der Waals surface area contributed by atoms with Crippen LogP contribution < -0.4 is 5.73 Å². The van der Waals surface area contributed by atoms with Crippen molar-refractivity contribution < 1.29 is 4.74 Å². The smallest absolute Gasteiger partial charge is 0.150 e. The zero-order valence-corrected chi connectivity index (χ0v) is 10.2. The van der Waals surface area contributed by atoms with Crippen molar-refractivity contribution in [3.8, 4) is 0 Å². The normalized spacial score (nSPS) is 29.9. The van der Waals surface area contributed by atoms with Crippen LogP contribution in [0.4, 0.5) is 0 Å². The minimum atomic E-state index is -0.201. The van der Waals surface area contributed by atoms with Crippen molar-refractivity contribution in [1.29, 1.82) is 0 Å². The molecule has 0 aliphatic carbocycles. The summed E-state index contributed by atoms with van der Waals surface area (Å²) in [6.45, 7) is 5.46. The van der Waals surface area contributed by atoms with Gasteiger partial charge in [0.05, 0.1) is 18.6 Å². The Balaban J connectivity index is 2.32. The molecular weight excluding hydrogens is 204 g/mol. The molecule has 2 unspecified atom stereocenters. The molecule has 0 radical (unpaired) electrons. The lowest BCUT2D eigenvalue weighted by Gasteiger charge is -2.25. The Labute approximate surface area is 96.0 Å². The summed E-state index contributed by atoms with van der Waals surface area (Å²) in [4.78, 5) is 4.60. The van der Waals surface area contributed by atoms with Gasteiger partial charge in [0.2, 0.25) is 0 Å². The van der Waals surface area contributed by atoms with E-state index in [9.17, 15) is 0 Å². The Bertz CT molecular complexity index is 376. The first-order valence-electron chi connectivity index (χ1n) is 5.81. The number of ether oxygens (including phenoxy) is 1. The fourth-order valence-electron chi connectivity index (χ4n) is 2.18. The van der Waals surface area contributed by atoms with Gasteiger partial charge in [0.25, 0.3) is 0 Å². The van der Waals surface area contributed by atoms with E-state index in [0.717, 1.165) is 24.5 Å². The van der Waals surface area contributed by atoms with Crippen LogP contribution in [0, 0.1) is 0 Å². The summed E-state index contributed by atoms with van der Waals surface area (Å²) >= 11 is 0. The number of aromatic nitrogens is 3. The molecule has 2 heterocycles. The van der Waals surface area contributed by atoms with Gasteiger partial charge in [-0.25, -0.2) is 4.98 Å². The van der Waals surface area contributed by atoms with Crippen molar-refractivity contribution in [2.45, 2.75) is 38.1 Å². The molecule has 2 rings (SSSR count). The van der Waals surface area contributed by atoms with Gasteiger partial charge in [-0.3, -0.25) is 4.68 Å². The predicted molar refractivity (Wildman–Crippen MR) is 61.1 cm³/mol. The van der Waals surface area contributed by atoms with E-state index in [1.807, 2.05) is 11.7 Å². The fourth-order valence-corrected chi connectivity index (χ4v) is 2.18. The molecule has 0 amide bonds. The van der Waals surface area contributed by atoms with Crippen LogP contribution in [0.1, 0.15) is 31.9 Å². The van der Waals surface area contributed by atoms with Crippen molar-refractivity contribution in [3.05, 3.63) is 11.6 Å². The highest BCUT2D eigenvalue weighted by Crippen LogP contribution is 2.30. The molecule has 1 saturated heterocycles. The highest BCUT2D eigenvalue weighted by Gasteiger charge is 2.43. The van der Waals surface area contributed by atoms with Gasteiger partial charge < -0.3 is 10.5 Å². The van der Waals surface area contributed by atoms with Gasteiger partial charge >= 0.3 is 0 Å². The van der Waals surface area contributed by atoms with Crippen LogP contribution in [0.25, 0.3) is 0 Å². The molecular formula is C11H20N4O. The Morgan fingerprint density at radius 1 is 1.62 bits per heavy atom. The van der Waals surface area contributed by atoms with Crippen LogP contribution in [0.15, 0.2) is 0 Å². The molecule has 0 spiro atoms. The van der Waals surface area contributed by atoms with E-state index in [2.05, 4.69) is 23.9 Å². The fraction of sp³-hybridized carbons (Fsp3) is 0.818. The molecule has 16 heavy (non-hydrogen) atoms. The Kier molecular flexibility index (Phi) is 2.99. The van der Waals surface area contributed by atoms with E-state index in [0.29, 0.717) is 13.2 Å². The quantitative estimate of drug-likeness (QED) is 0.806. The lowest BCUT2D eigenvalue weighted by molar-refractivity contribution is 0.177. The number of hydrogen-bond acceptors (Lipinski definition) is 4. The summed E-state index contributed by atoms with van der Waals surface area (Å²) in [5.41, 5.74) is 5.89. The molecule has 5 heteroatoms. The lowest BCUT2D eigenvalue weighted by Crippen LogP contribution is -2.43. The zero-order valence-electron chi connectivity index (χ0n) is 10.2. The van der Waals surface area contributed by atoms with Gasteiger partial charge in [0, 0.05) is 19.5 Å².